The van der Waals surface area contributed by atoms with Gasteiger partial charge in [0.1, 0.15) is 13.1 Å². The number of morpholine rings is 1. The van der Waals surface area contributed by atoms with E-state index < -0.39 is 23.5 Å². The van der Waals surface area contributed by atoms with E-state index >= 15 is 0 Å². The van der Waals surface area contributed by atoms with Crippen molar-refractivity contribution in [2.45, 2.75) is 12.5 Å². The second-order valence-electron chi connectivity index (χ2n) is 7.73. The number of aromatic nitrogens is 1. The minimum absolute atomic E-state index is 0.0164. The van der Waals surface area contributed by atoms with E-state index in [0.29, 0.717) is 22.7 Å². The highest BCUT2D eigenvalue weighted by molar-refractivity contribution is 6.46. The number of benzene rings is 1. The third-order valence-electron chi connectivity index (χ3n) is 5.79. The zero-order valence-electron chi connectivity index (χ0n) is 17.1. The first kappa shape index (κ1) is 21.5. The van der Waals surface area contributed by atoms with Crippen LogP contribution in [0.2, 0.25) is 5.02 Å². The van der Waals surface area contributed by atoms with Gasteiger partial charge in [-0.3, -0.25) is 14.6 Å². The van der Waals surface area contributed by atoms with Crippen LogP contribution in [0, 0.1) is 0 Å². The maximum atomic E-state index is 13.3. The monoisotopic (exact) mass is 441 g/mol. The molecule has 0 spiro atoms. The molecular weight excluding hydrogens is 418 g/mol. The predicted molar refractivity (Wildman–Crippen MR) is 113 cm³/mol. The van der Waals surface area contributed by atoms with E-state index in [1.54, 1.807) is 48.8 Å². The number of amides is 1. The van der Waals surface area contributed by atoms with E-state index in [9.17, 15) is 14.7 Å². The summed E-state index contributed by atoms with van der Waals surface area (Å²) in [6.07, 6.45) is 3.93. The quantitative estimate of drug-likeness (QED) is 0.395. The molecule has 4 rings (SSSR count). The lowest BCUT2D eigenvalue weighted by molar-refractivity contribution is -0.908. The van der Waals surface area contributed by atoms with Crippen molar-refractivity contribution >= 4 is 29.1 Å². The number of carbonyl (C=O) groups is 2. The number of carbonyl (C=O) groups excluding carboxylic acids is 2. The smallest absolute Gasteiger partial charge is 0.295 e. The molecule has 2 fully saturated rings. The van der Waals surface area contributed by atoms with Crippen molar-refractivity contribution in [3.63, 3.8) is 0 Å². The molecule has 1 aromatic heterocycles. The number of pyridine rings is 1. The molecule has 1 aromatic carbocycles. The standard InChI is InChI=1S/C23H24ClN3O4/c24-18-4-2-17(3-5-18)21(28)19-20(16-6-8-25-9-7-16)27(23(30)22(19)29)11-1-10-26-12-14-31-15-13-26/h2-9,20,28H,1,10-15H2. The SMILES string of the molecule is O=C1C(=O)N(CCC[NH+]2CCOCC2)C(c2ccncc2)C1=C([O-])c1ccc(Cl)cc1. The third-order valence-corrected chi connectivity index (χ3v) is 6.04. The Morgan fingerprint density at radius 1 is 1.13 bits per heavy atom. The van der Waals surface area contributed by atoms with Crippen molar-refractivity contribution in [3.8, 4) is 0 Å². The van der Waals surface area contributed by atoms with E-state index in [1.165, 1.54) is 9.80 Å². The highest BCUT2D eigenvalue weighted by atomic mass is 35.5. The third kappa shape index (κ3) is 4.63. The molecule has 0 aliphatic carbocycles. The lowest BCUT2D eigenvalue weighted by Gasteiger charge is -2.28. The van der Waals surface area contributed by atoms with Crippen molar-refractivity contribution in [1.29, 1.82) is 0 Å². The molecular formula is C23H24ClN3O4. The lowest BCUT2D eigenvalue weighted by atomic mass is 9.96. The second kappa shape index (κ2) is 9.60. The summed E-state index contributed by atoms with van der Waals surface area (Å²) in [5.41, 5.74) is 1.02. The molecule has 8 heteroatoms. The Labute approximate surface area is 185 Å². The maximum absolute atomic E-state index is 13.3. The van der Waals surface area contributed by atoms with Crippen LogP contribution >= 0.6 is 11.6 Å². The van der Waals surface area contributed by atoms with Crippen LogP contribution in [0.15, 0.2) is 54.4 Å². The molecule has 1 atom stereocenters. The average molecular weight is 442 g/mol. The van der Waals surface area contributed by atoms with Crippen LogP contribution in [0.1, 0.15) is 23.6 Å². The first-order valence-electron chi connectivity index (χ1n) is 10.4. The second-order valence-corrected chi connectivity index (χ2v) is 8.16. The molecule has 0 bridgehead atoms. The van der Waals surface area contributed by atoms with Gasteiger partial charge < -0.3 is 19.6 Å². The number of quaternary nitrogens is 1. The van der Waals surface area contributed by atoms with Crippen molar-refractivity contribution in [3.05, 3.63) is 70.5 Å². The van der Waals surface area contributed by atoms with Gasteiger partial charge >= 0.3 is 0 Å². The van der Waals surface area contributed by atoms with Gasteiger partial charge in [-0.2, -0.15) is 0 Å². The maximum Gasteiger partial charge on any atom is 0.295 e. The summed E-state index contributed by atoms with van der Waals surface area (Å²) in [4.78, 5) is 32.8. The van der Waals surface area contributed by atoms with Gasteiger partial charge in [0.25, 0.3) is 5.91 Å². The summed E-state index contributed by atoms with van der Waals surface area (Å²) < 4.78 is 5.39. The number of hydrogen-bond acceptors (Lipinski definition) is 5. The minimum atomic E-state index is -0.736. The van der Waals surface area contributed by atoms with Crippen LogP contribution in [0.3, 0.4) is 0 Å². The number of Topliss-reactive ketones (excluding diaryl/α,β-unsaturated/α-hetero) is 1. The molecule has 0 radical (unpaired) electrons. The molecule has 2 saturated heterocycles. The highest BCUT2D eigenvalue weighted by Crippen LogP contribution is 2.38. The van der Waals surface area contributed by atoms with Crippen LogP contribution in [0.5, 0.6) is 0 Å². The number of rotatable bonds is 6. The molecule has 2 aliphatic rings. The van der Waals surface area contributed by atoms with Crippen LogP contribution in [-0.2, 0) is 14.3 Å². The van der Waals surface area contributed by atoms with Crippen LogP contribution in [0.25, 0.3) is 5.76 Å². The fraction of sp³-hybridized carbons (Fsp3) is 0.348. The Kier molecular flexibility index (Phi) is 6.65. The molecule has 0 saturated carbocycles. The lowest BCUT2D eigenvalue weighted by Crippen LogP contribution is -3.14. The molecule has 31 heavy (non-hydrogen) atoms. The number of ether oxygens (including phenoxy) is 1. The van der Waals surface area contributed by atoms with E-state index in [0.717, 1.165) is 39.3 Å². The van der Waals surface area contributed by atoms with Crippen molar-refractivity contribution < 1.29 is 24.3 Å². The zero-order valence-corrected chi connectivity index (χ0v) is 17.8. The van der Waals surface area contributed by atoms with E-state index in [1.807, 2.05) is 0 Å². The Balaban J connectivity index is 1.64. The molecule has 3 heterocycles. The number of halogens is 1. The summed E-state index contributed by atoms with van der Waals surface area (Å²) in [5.74, 6) is -1.81. The molecule has 1 N–H and O–H groups in total. The number of likely N-dealkylation sites (tertiary alicyclic amines) is 1. The number of nitrogens with one attached hydrogen (secondary N) is 1. The average Bonchev–Trinajstić information content (AvgIpc) is 3.05. The van der Waals surface area contributed by atoms with Gasteiger partial charge in [-0.15, -0.1) is 0 Å². The normalized spacial score (nSPS) is 21.6. The summed E-state index contributed by atoms with van der Waals surface area (Å²) in [7, 11) is 0. The summed E-state index contributed by atoms with van der Waals surface area (Å²) in [6.45, 7) is 4.64. The molecule has 2 aliphatic heterocycles. The summed E-state index contributed by atoms with van der Waals surface area (Å²) >= 11 is 5.93. The van der Waals surface area contributed by atoms with Crippen molar-refractivity contribution in [1.82, 2.24) is 9.88 Å². The van der Waals surface area contributed by atoms with Gasteiger partial charge in [0.15, 0.2) is 0 Å². The fourth-order valence-corrected chi connectivity index (χ4v) is 4.29. The van der Waals surface area contributed by atoms with Gasteiger partial charge in [0, 0.05) is 36.0 Å². The largest absolute Gasteiger partial charge is 0.872 e. The van der Waals surface area contributed by atoms with Gasteiger partial charge in [-0.05, 0) is 35.4 Å². The Morgan fingerprint density at radius 3 is 2.48 bits per heavy atom. The van der Waals surface area contributed by atoms with Gasteiger partial charge in [0.05, 0.1) is 25.8 Å². The number of hydrogen-bond donors (Lipinski definition) is 1. The first-order valence-corrected chi connectivity index (χ1v) is 10.8. The van der Waals surface area contributed by atoms with E-state index in [4.69, 9.17) is 16.3 Å². The van der Waals surface area contributed by atoms with Crippen LogP contribution < -0.4 is 10.0 Å². The molecule has 2 aromatic rings. The molecule has 7 nitrogen and oxygen atoms in total. The predicted octanol–water partition coefficient (Wildman–Crippen LogP) is 0.264. The van der Waals surface area contributed by atoms with Crippen molar-refractivity contribution in [2.24, 2.45) is 0 Å². The number of ketones is 1. The van der Waals surface area contributed by atoms with Gasteiger partial charge in [-0.1, -0.05) is 29.5 Å². The Hall–Kier alpha value is -2.74. The van der Waals surface area contributed by atoms with Crippen LogP contribution in [0.4, 0.5) is 0 Å². The summed E-state index contributed by atoms with van der Waals surface area (Å²) in [5, 5.41) is 13.7. The molecule has 1 unspecified atom stereocenters. The highest BCUT2D eigenvalue weighted by Gasteiger charge is 2.44. The Morgan fingerprint density at radius 2 is 1.81 bits per heavy atom. The van der Waals surface area contributed by atoms with Gasteiger partial charge in [0.2, 0.25) is 5.78 Å². The van der Waals surface area contributed by atoms with E-state index in [2.05, 4.69) is 4.98 Å². The fourth-order valence-electron chi connectivity index (χ4n) is 4.16. The topological polar surface area (TPSA) is 87.0 Å². The molecule has 162 valence electrons. The summed E-state index contributed by atoms with van der Waals surface area (Å²) in [6, 6.07) is 9.11. The number of nitrogens with zero attached hydrogens (tertiary/aromatic N) is 2. The van der Waals surface area contributed by atoms with Gasteiger partial charge in [-0.25, -0.2) is 0 Å². The first-order chi connectivity index (χ1) is 15.1. The van der Waals surface area contributed by atoms with Crippen molar-refractivity contribution in [2.75, 3.05) is 39.4 Å². The van der Waals surface area contributed by atoms with Crippen LogP contribution in [-0.4, -0.2) is 61.0 Å². The minimum Gasteiger partial charge on any atom is -0.872 e. The Bertz CT molecular complexity index is 972. The zero-order chi connectivity index (χ0) is 21.8. The molecule has 1 amide bonds. The van der Waals surface area contributed by atoms with E-state index in [-0.39, 0.29) is 5.57 Å².